The first-order chi connectivity index (χ1) is 14.4. The second-order valence-electron chi connectivity index (χ2n) is 7.82. The smallest absolute Gasteiger partial charge is 0.292 e. The molecule has 10 heteroatoms. The van der Waals surface area contributed by atoms with E-state index in [0.717, 1.165) is 28.3 Å². The first-order valence-electron chi connectivity index (χ1n) is 9.86. The molecule has 2 aromatic rings. The first-order valence-corrected chi connectivity index (χ1v) is 11.3. The number of aryl methyl sites for hydroxylation is 2. The largest absolute Gasteiger partial charge is 0.393 e. The molecule has 3 rings (SSSR count). The van der Waals surface area contributed by atoms with E-state index in [2.05, 4.69) is 0 Å². The third kappa shape index (κ3) is 4.13. The minimum absolute atomic E-state index is 0.0170. The maximum Gasteiger partial charge on any atom is 0.292 e. The maximum absolute atomic E-state index is 13.4. The molecule has 0 aliphatic carbocycles. The van der Waals surface area contributed by atoms with Crippen molar-refractivity contribution in [2.75, 3.05) is 31.9 Å². The molecule has 0 radical (unpaired) electrons. The SMILES string of the molecule is Cc1cc(C)c(C)c(S(=O)(=O)N2CCN(C(=O)c3ccc(N)c([N+](=O)[O-])c3)CC2)c1C. The van der Waals surface area contributed by atoms with Crippen LogP contribution in [0.2, 0.25) is 0 Å². The zero-order valence-corrected chi connectivity index (χ0v) is 18.8. The van der Waals surface area contributed by atoms with Crippen LogP contribution in [0.25, 0.3) is 0 Å². The van der Waals surface area contributed by atoms with Gasteiger partial charge in [0.05, 0.1) is 9.82 Å². The Kier molecular flexibility index (Phi) is 6.06. The Morgan fingerprint density at radius 1 is 1.00 bits per heavy atom. The number of sulfonamides is 1. The monoisotopic (exact) mass is 446 g/mol. The molecule has 31 heavy (non-hydrogen) atoms. The van der Waals surface area contributed by atoms with Crippen molar-refractivity contribution in [2.45, 2.75) is 32.6 Å². The van der Waals surface area contributed by atoms with E-state index in [-0.39, 0.29) is 49.0 Å². The molecule has 1 aliphatic rings. The Morgan fingerprint density at radius 3 is 2.06 bits per heavy atom. The van der Waals surface area contributed by atoms with Crippen molar-refractivity contribution in [1.29, 1.82) is 0 Å². The summed E-state index contributed by atoms with van der Waals surface area (Å²) in [5.74, 6) is -0.390. The van der Waals surface area contributed by atoms with Crippen LogP contribution in [0, 0.1) is 37.8 Å². The molecule has 1 aliphatic heterocycles. The third-order valence-electron chi connectivity index (χ3n) is 5.90. The Bertz CT molecular complexity index is 1140. The number of nitrogen functional groups attached to an aromatic ring is 1. The van der Waals surface area contributed by atoms with Crippen LogP contribution in [-0.2, 0) is 10.0 Å². The molecule has 1 fully saturated rings. The number of benzene rings is 2. The van der Waals surface area contributed by atoms with Gasteiger partial charge in [0, 0.05) is 37.8 Å². The molecular formula is C21H26N4O5S. The molecule has 2 aromatic carbocycles. The summed E-state index contributed by atoms with van der Waals surface area (Å²) in [6, 6.07) is 5.91. The van der Waals surface area contributed by atoms with Crippen LogP contribution in [-0.4, -0.2) is 54.6 Å². The Hall–Kier alpha value is -2.98. The lowest BCUT2D eigenvalue weighted by molar-refractivity contribution is -0.383. The summed E-state index contributed by atoms with van der Waals surface area (Å²) < 4.78 is 28.1. The van der Waals surface area contributed by atoms with Gasteiger partial charge in [-0.1, -0.05) is 6.07 Å². The number of anilines is 1. The van der Waals surface area contributed by atoms with Crippen LogP contribution >= 0.6 is 0 Å². The highest BCUT2D eigenvalue weighted by molar-refractivity contribution is 7.89. The number of piperazine rings is 1. The predicted octanol–water partition coefficient (Wildman–Crippen LogP) is 2.56. The first kappa shape index (κ1) is 22.7. The predicted molar refractivity (Wildman–Crippen MR) is 118 cm³/mol. The minimum Gasteiger partial charge on any atom is -0.393 e. The van der Waals surface area contributed by atoms with Crippen molar-refractivity contribution in [3.8, 4) is 0 Å². The molecular weight excluding hydrogens is 420 g/mol. The van der Waals surface area contributed by atoms with Gasteiger partial charge in [-0.2, -0.15) is 4.31 Å². The van der Waals surface area contributed by atoms with Gasteiger partial charge in [-0.05, 0) is 62.1 Å². The molecule has 0 unspecified atom stereocenters. The van der Waals surface area contributed by atoms with E-state index in [1.165, 1.54) is 21.3 Å². The van der Waals surface area contributed by atoms with Crippen LogP contribution in [0.3, 0.4) is 0 Å². The summed E-state index contributed by atoms with van der Waals surface area (Å²) in [5.41, 5.74) is 8.70. The molecule has 0 atom stereocenters. The van der Waals surface area contributed by atoms with Crippen molar-refractivity contribution in [3.63, 3.8) is 0 Å². The number of carbonyl (C=O) groups excluding carboxylic acids is 1. The van der Waals surface area contributed by atoms with Crippen molar-refractivity contribution < 1.29 is 18.1 Å². The van der Waals surface area contributed by atoms with Crippen LogP contribution < -0.4 is 5.73 Å². The van der Waals surface area contributed by atoms with Crippen LogP contribution in [0.15, 0.2) is 29.2 Å². The lowest BCUT2D eigenvalue weighted by Crippen LogP contribution is -2.50. The molecule has 0 aromatic heterocycles. The van der Waals surface area contributed by atoms with E-state index in [4.69, 9.17) is 5.73 Å². The van der Waals surface area contributed by atoms with E-state index in [1.54, 1.807) is 0 Å². The summed E-state index contributed by atoms with van der Waals surface area (Å²) in [7, 11) is -3.72. The summed E-state index contributed by atoms with van der Waals surface area (Å²) in [6.45, 7) is 8.09. The fourth-order valence-corrected chi connectivity index (χ4v) is 5.84. The highest BCUT2D eigenvalue weighted by Crippen LogP contribution is 2.29. The van der Waals surface area contributed by atoms with Gasteiger partial charge < -0.3 is 10.6 Å². The van der Waals surface area contributed by atoms with Gasteiger partial charge in [-0.15, -0.1) is 0 Å². The minimum atomic E-state index is -3.72. The molecule has 0 bridgehead atoms. The van der Waals surface area contributed by atoms with E-state index < -0.39 is 14.9 Å². The normalized spacial score (nSPS) is 15.2. The van der Waals surface area contributed by atoms with Crippen molar-refractivity contribution >= 4 is 27.3 Å². The molecule has 2 N–H and O–H groups in total. The number of rotatable bonds is 4. The topological polar surface area (TPSA) is 127 Å². The van der Waals surface area contributed by atoms with Gasteiger partial charge in [0.1, 0.15) is 5.69 Å². The fourth-order valence-electron chi connectivity index (χ4n) is 3.85. The second-order valence-corrected chi connectivity index (χ2v) is 9.69. The zero-order valence-electron chi connectivity index (χ0n) is 18.0. The highest BCUT2D eigenvalue weighted by Gasteiger charge is 2.33. The zero-order chi connectivity index (χ0) is 23.1. The number of nitro benzene ring substituents is 1. The molecule has 1 heterocycles. The Morgan fingerprint density at radius 2 is 1.55 bits per heavy atom. The molecule has 1 saturated heterocycles. The maximum atomic E-state index is 13.4. The number of carbonyl (C=O) groups is 1. The van der Waals surface area contributed by atoms with Crippen molar-refractivity contribution in [1.82, 2.24) is 9.21 Å². The number of nitro groups is 1. The van der Waals surface area contributed by atoms with E-state index in [0.29, 0.717) is 4.90 Å². The number of hydrogen-bond acceptors (Lipinski definition) is 6. The number of nitrogens with zero attached hydrogens (tertiary/aromatic N) is 3. The average Bonchev–Trinajstić information content (AvgIpc) is 2.72. The van der Waals surface area contributed by atoms with Crippen molar-refractivity contribution in [3.05, 3.63) is 62.2 Å². The van der Waals surface area contributed by atoms with Gasteiger partial charge >= 0.3 is 0 Å². The van der Waals surface area contributed by atoms with E-state index in [9.17, 15) is 23.3 Å². The Balaban J connectivity index is 1.81. The number of hydrogen-bond donors (Lipinski definition) is 1. The van der Waals surface area contributed by atoms with Gasteiger partial charge in [0.2, 0.25) is 10.0 Å². The lowest BCUT2D eigenvalue weighted by Gasteiger charge is -2.34. The summed E-state index contributed by atoms with van der Waals surface area (Å²) in [4.78, 5) is 25.1. The van der Waals surface area contributed by atoms with Gasteiger partial charge in [0.15, 0.2) is 0 Å². The highest BCUT2D eigenvalue weighted by atomic mass is 32.2. The summed E-state index contributed by atoms with van der Waals surface area (Å²) >= 11 is 0. The Labute approximate surface area is 181 Å². The molecule has 166 valence electrons. The number of nitrogens with two attached hydrogens (primary N) is 1. The average molecular weight is 447 g/mol. The molecule has 0 saturated carbocycles. The number of amides is 1. The van der Waals surface area contributed by atoms with E-state index >= 15 is 0 Å². The lowest BCUT2D eigenvalue weighted by atomic mass is 10.0. The molecule has 0 spiro atoms. The van der Waals surface area contributed by atoms with Crippen molar-refractivity contribution in [2.24, 2.45) is 0 Å². The molecule has 9 nitrogen and oxygen atoms in total. The molecule has 1 amide bonds. The van der Waals surface area contributed by atoms with E-state index in [1.807, 2.05) is 33.8 Å². The van der Waals surface area contributed by atoms with Gasteiger partial charge in [-0.25, -0.2) is 8.42 Å². The quantitative estimate of drug-likeness (QED) is 0.437. The fraction of sp³-hybridized carbons (Fsp3) is 0.381. The van der Waals surface area contributed by atoms with Gasteiger partial charge in [-0.3, -0.25) is 14.9 Å². The van der Waals surface area contributed by atoms with Gasteiger partial charge in [0.25, 0.3) is 11.6 Å². The van der Waals surface area contributed by atoms with Crippen LogP contribution in [0.4, 0.5) is 11.4 Å². The summed E-state index contributed by atoms with van der Waals surface area (Å²) in [5, 5.41) is 11.1. The third-order valence-corrected chi connectivity index (χ3v) is 8.07. The standard InChI is InChI=1S/C21H26N4O5S/c1-13-11-14(2)16(4)20(15(13)3)31(29,30)24-9-7-23(8-10-24)21(26)17-5-6-18(22)19(12-17)25(27)28/h5-6,11-12H,7-10,22H2,1-4H3. The summed E-state index contributed by atoms with van der Waals surface area (Å²) in [6.07, 6.45) is 0. The second kappa shape index (κ2) is 8.27. The van der Waals surface area contributed by atoms with Crippen LogP contribution in [0.5, 0.6) is 0 Å². The van der Waals surface area contributed by atoms with Crippen LogP contribution in [0.1, 0.15) is 32.6 Å².